The molecular formula is C22H21O2P. The summed E-state index contributed by atoms with van der Waals surface area (Å²) < 4.78 is 5.79. The Morgan fingerprint density at radius 3 is 2.48 bits per heavy atom. The molecule has 2 saturated carbocycles. The zero-order chi connectivity index (χ0) is 17.0. The third-order valence-corrected chi connectivity index (χ3v) is 6.81. The van der Waals surface area contributed by atoms with Crippen molar-refractivity contribution in [3.63, 3.8) is 0 Å². The molecule has 1 heterocycles. The van der Waals surface area contributed by atoms with Crippen LogP contribution in [0.2, 0.25) is 0 Å². The first kappa shape index (κ1) is 15.3. The summed E-state index contributed by atoms with van der Waals surface area (Å²) in [5.74, 6) is 3.69. The number of esters is 1. The molecule has 0 radical (unpaired) electrons. The van der Waals surface area contributed by atoms with Gasteiger partial charge in [0.2, 0.25) is 0 Å². The lowest BCUT2D eigenvalue weighted by Crippen LogP contribution is -2.34. The molecule has 2 nitrogen and oxygen atoms in total. The van der Waals surface area contributed by atoms with Crippen molar-refractivity contribution < 1.29 is 9.53 Å². The maximum absolute atomic E-state index is 12.2. The molecule has 2 fully saturated rings. The maximum atomic E-state index is 12.2. The molecule has 0 N–H and O–H groups in total. The minimum Gasteiger partial charge on any atom is -0.454 e. The molecule has 0 spiro atoms. The number of hydrogen-bond donors (Lipinski definition) is 0. The van der Waals surface area contributed by atoms with Crippen molar-refractivity contribution in [2.45, 2.75) is 30.8 Å². The van der Waals surface area contributed by atoms with Gasteiger partial charge in [-0.15, -0.1) is 8.86 Å². The molecule has 0 amide bonds. The molecule has 3 aliphatic rings. The van der Waals surface area contributed by atoms with Crippen LogP contribution in [0.15, 0.2) is 54.6 Å². The van der Waals surface area contributed by atoms with Crippen LogP contribution in [0.25, 0.3) is 0 Å². The highest BCUT2D eigenvalue weighted by Gasteiger charge is 2.62. The fraction of sp³-hybridized carbons (Fsp3) is 0.364. The number of ether oxygens (including phenoxy) is 1. The smallest absolute Gasteiger partial charge is 0.339 e. The monoisotopic (exact) mass is 348 g/mol. The summed E-state index contributed by atoms with van der Waals surface area (Å²) in [6, 6.07) is 18.7. The number of rotatable bonds is 5. The molecule has 3 heteroatoms. The predicted octanol–water partition coefficient (Wildman–Crippen LogP) is 4.83. The molecule has 0 saturated heterocycles. The Morgan fingerprint density at radius 2 is 1.76 bits per heavy atom. The van der Waals surface area contributed by atoms with Crippen molar-refractivity contribution in [1.82, 2.24) is 0 Å². The highest BCUT2D eigenvalue weighted by molar-refractivity contribution is 7.18. The van der Waals surface area contributed by atoms with Crippen LogP contribution in [-0.2, 0) is 10.2 Å². The van der Waals surface area contributed by atoms with Gasteiger partial charge in [0, 0.05) is 16.9 Å². The van der Waals surface area contributed by atoms with Crippen molar-refractivity contribution in [1.29, 1.82) is 0 Å². The molecule has 2 aromatic rings. The van der Waals surface area contributed by atoms with Crippen molar-refractivity contribution in [3.8, 4) is 0 Å². The van der Waals surface area contributed by atoms with Gasteiger partial charge in [-0.2, -0.15) is 0 Å². The fourth-order valence-corrected chi connectivity index (χ4v) is 5.55. The van der Waals surface area contributed by atoms with E-state index in [1.165, 1.54) is 18.4 Å². The largest absolute Gasteiger partial charge is 0.454 e. The molecule has 5 rings (SSSR count). The Kier molecular flexibility index (Phi) is 3.40. The van der Waals surface area contributed by atoms with Crippen LogP contribution in [0.3, 0.4) is 0 Å². The van der Waals surface area contributed by atoms with E-state index < -0.39 is 0 Å². The van der Waals surface area contributed by atoms with Crippen LogP contribution in [0.1, 0.15) is 46.9 Å². The molecule has 0 bridgehead atoms. The Bertz CT molecular complexity index is 842. The van der Waals surface area contributed by atoms with Crippen LogP contribution in [0, 0.1) is 17.8 Å². The van der Waals surface area contributed by atoms with Crippen LogP contribution in [0.4, 0.5) is 0 Å². The molecule has 2 aliphatic carbocycles. The van der Waals surface area contributed by atoms with Gasteiger partial charge in [0.25, 0.3) is 0 Å². The summed E-state index contributed by atoms with van der Waals surface area (Å²) >= 11 is 0. The zero-order valence-corrected chi connectivity index (χ0v) is 15.0. The van der Waals surface area contributed by atoms with E-state index in [9.17, 15) is 4.79 Å². The lowest BCUT2D eigenvalue weighted by Gasteiger charge is -2.32. The summed E-state index contributed by atoms with van der Waals surface area (Å²) in [5, 5.41) is 0. The topological polar surface area (TPSA) is 26.3 Å². The summed E-state index contributed by atoms with van der Waals surface area (Å²) in [6.45, 7) is 0. The first-order valence-electron chi connectivity index (χ1n) is 9.13. The second kappa shape index (κ2) is 5.54. The zero-order valence-electron chi connectivity index (χ0n) is 14.0. The quantitative estimate of drug-likeness (QED) is 0.572. The third-order valence-electron chi connectivity index (χ3n) is 6.33. The Hall–Kier alpha value is -1.92. The van der Waals surface area contributed by atoms with Gasteiger partial charge in [-0.3, -0.25) is 0 Å². The van der Waals surface area contributed by atoms with Crippen LogP contribution < -0.4 is 0 Å². The molecular weight excluding hydrogens is 327 g/mol. The minimum atomic E-state index is -0.162. The van der Waals surface area contributed by atoms with Gasteiger partial charge in [0.1, 0.15) is 6.10 Å². The van der Waals surface area contributed by atoms with E-state index in [2.05, 4.69) is 51.1 Å². The standard InChI is InChI=1S/C22H21O2P/c23-21-17-9-5-4-8-16(17)20(24-21)18-12-19(18)22(13-25,15-10-11-15)14-6-2-1-3-7-14/h1-9,13,15,18-20,25H,10-12H2. The van der Waals surface area contributed by atoms with Crippen molar-refractivity contribution in [2.75, 3.05) is 0 Å². The molecule has 1 aliphatic heterocycles. The van der Waals surface area contributed by atoms with Gasteiger partial charge in [-0.25, -0.2) is 4.79 Å². The number of fused-ring (bicyclic) bond motifs is 1. The van der Waals surface area contributed by atoms with E-state index in [-0.39, 0.29) is 17.5 Å². The molecule has 2 aromatic carbocycles. The highest BCUT2D eigenvalue weighted by Crippen LogP contribution is 2.65. The lowest BCUT2D eigenvalue weighted by atomic mass is 9.72. The molecule has 25 heavy (non-hydrogen) atoms. The van der Waals surface area contributed by atoms with E-state index in [0.717, 1.165) is 17.5 Å². The average Bonchev–Trinajstić information content (AvgIpc) is 3.58. The van der Waals surface area contributed by atoms with Gasteiger partial charge in [-0.1, -0.05) is 54.3 Å². The minimum absolute atomic E-state index is 0.0484. The second-order valence-corrected chi connectivity index (χ2v) is 7.93. The summed E-state index contributed by atoms with van der Waals surface area (Å²) in [7, 11) is 3.79. The van der Waals surface area contributed by atoms with E-state index in [1.807, 2.05) is 18.2 Å². The van der Waals surface area contributed by atoms with E-state index in [1.54, 1.807) is 0 Å². The summed E-state index contributed by atoms with van der Waals surface area (Å²) in [5.41, 5.74) is 3.26. The Morgan fingerprint density at radius 1 is 1.04 bits per heavy atom. The number of cyclic esters (lactones) is 1. The molecule has 0 aromatic heterocycles. The molecule has 4 unspecified atom stereocenters. The van der Waals surface area contributed by atoms with Crippen molar-refractivity contribution in [2.24, 2.45) is 17.8 Å². The number of carbonyl (C=O) groups is 1. The third kappa shape index (κ3) is 2.24. The lowest BCUT2D eigenvalue weighted by molar-refractivity contribution is 0.0317. The van der Waals surface area contributed by atoms with Crippen LogP contribution >= 0.6 is 8.86 Å². The number of benzene rings is 2. The fourth-order valence-electron chi connectivity index (χ4n) is 4.94. The highest BCUT2D eigenvalue weighted by atomic mass is 31.0. The first-order valence-corrected chi connectivity index (χ1v) is 9.70. The van der Waals surface area contributed by atoms with E-state index in [4.69, 9.17) is 4.74 Å². The molecule has 4 atom stereocenters. The van der Waals surface area contributed by atoms with Gasteiger partial charge in [-0.05, 0) is 42.7 Å². The van der Waals surface area contributed by atoms with E-state index in [0.29, 0.717) is 17.8 Å². The SMILES string of the molecule is O=C1OC(C2CC2C(C=P)(c2ccccc2)C2CC2)c2ccccc21. The van der Waals surface area contributed by atoms with Crippen LogP contribution in [0.5, 0.6) is 0 Å². The second-order valence-electron chi connectivity index (χ2n) is 7.64. The van der Waals surface area contributed by atoms with Crippen molar-refractivity contribution >= 4 is 20.6 Å². The average molecular weight is 348 g/mol. The van der Waals surface area contributed by atoms with Crippen LogP contribution in [-0.4, -0.2) is 11.8 Å². The number of hydrogen-bond acceptors (Lipinski definition) is 2. The van der Waals surface area contributed by atoms with Gasteiger partial charge >= 0.3 is 5.97 Å². The van der Waals surface area contributed by atoms with Gasteiger partial charge < -0.3 is 4.74 Å². The van der Waals surface area contributed by atoms with E-state index >= 15 is 0 Å². The molecule has 126 valence electrons. The Labute approximate surface area is 150 Å². The summed E-state index contributed by atoms with van der Waals surface area (Å²) in [6.07, 6.45) is 3.58. The predicted molar refractivity (Wildman–Crippen MR) is 101 cm³/mol. The normalized spacial score (nSPS) is 29.4. The Balaban J connectivity index is 1.50. The number of carbonyl (C=O) groups excluding carboxylic acids is 1. The first-order chi connectivity index (χ1) is 12.3. The maximum Gasteiger partial charge on any atom is 0.339 e. The summed E-state index contributed by atoms with van der Waals surface area (Å²) in [4.78, 5) is 12.2. The van der Waals surface area contributed by atoms with Crippen molar-refractivity contribution in [3.05, 3.63) is 71.3 Å². The van der Waals surface area contributed by atoms with Gasteiger partial charge in [0.05, 0.1) is 5.56 Å². The van der Waals surface area contributed by atoms with Gasteiger partial charge in [0.15, 0.2) is 0 Å².